The third kappa shape index (κ3) is 4.41. The Kier molecular flexibility index (Phi) is 6.18. The lowest BCUT2D eigenvalue weighted by Gasteiger charge is -2.28. The molecule has 9 nitrogen and oxygen atoms in total. The van der Waals surface area contributed by atoms with E-state index in [0.29, 0.717) is 23.4 Å². The van der Waals surface area contributed by atoms with Crippen molar-refractivity contribution in [1.29, 1.82) is 0 Å². The monoisotopic (exact) mass is 492 g/mol. The summed E-state index contributed by atoms with van der Waals surface area (Å²) < 4.78 is 25.0. The molecule has 0 atom stereocenters. The molecule has 4 rings (SSSR count). The number of nitrogens with one attached hydrogen (secondary N) is 1. The molecule has 3 aromatic rings. The van der Waals surface area contributed by atoms with Crippen LogP contribution in [-0.4, -0.2) is 30.8 Å². The van der Waals surface area contributed by atoms with Gasteiger partial charge in [-0.3, -0.25) is 14.9 Å². The predicted molar refractivity (Wildman–Crippen MR) is 131 cm³/mol. The molecule has 0 saturated carbocycles. The highest BCUT2D eigenvalue weighted by Crippen LogP contribution is 2.28. The third-order valence-corrected chi connectivity index (χ3v) is 6.84. The summed E-state index contributed by atoms with van der Waals surface area (Å²) in [7, 11) is -3.82. The highest BCUT2D eigenvalue weighted by molar-refractivity contribution is 7.89. The van der Waals surface area contributed by atoms with Gasteiger partial charge in [0.2, 0.25) is 10.0 Å². The summed E-state index contributed by atoms with van der Waals surface area (Å²) in [6.45, 7) is 5.57. The summed E-state index contributed by atoms with van der Waals surface area (Å²) in [6, 6.07) is 14.1. The number of rotatable bonds is 5. The van der Waals surface area contributed by atoms with Gasteiger partial charge in [-0.25, -0.2) is 23.3 Å². The standard InChI is InChI=1S/C25H24N4O5S/c1-4-17-7-5-6-8-22(17)29-24(31)21(23(30)27-25(29)32)14-18-13-15(2)28(16(18)3)19-9-11-20(12-10-19)35(26,33)34/h5-14H,4H2,1-3H3,(H2,26,33,34)(H,27,30,32)/b21-14+. The third-order valence-electron chi connectivity index (χ3n) is 5.91. The van der Waals surface area contributed by atoms with Gasteiger partial charge in [-0.15, -0.1) is 0 Å². The van der Waals surface area contributed by atoms with E-state index in [-0.39, 0.29) is 10.5 Å². The van der Waals surface area contributed by atoms with Crippen molar-refractivity contribution in [3.05, 3.63) is 82.7 Å². The number of primary sulfonamides is 1. The molecule has 0 unspecified atom stereocenters. The topological polar surface area (TPSA) is 132 Å². The summed E-state index contributed by atoms with van der Waals surface area (Å²) in [4.78, 5) is 39.5. The largest absolute Gasteiger partial charge is 0.335 e. The van der Waals surface area contributed by atoms with Crippen molar-refractivity contribution in [3.63, 3.8) is 0 Å². The van der Waals surface area contributed by atoms with E-state index in [1.54, 1.807) is 30.3 Å². The van der Waals surface area contributed by atoms with Gasteiger partial charge in [0, 0.05) is 17.1 Å². The molecule has 0 spiro atoms. The van der Waals surface area contributed by atoms with E-state index in [1.807, 2.05) is 37.5 Å². The number of carbonyl (C=O) groups is 3. The second-order valence-electron chi connectivity index (χ2n) is 8.14. The number of nitrogens with two attached hydrogens (primary N) is 1. The summed E-state index contributed by atoms with van der Waals surface area (Å²) >= 11 is 0. The van der Waals surface area contributed by atoms with Crippen LogP contribution in [0.1, 0.15) is 29.4 Å². The molecule has 2 heterocycles. The van der Waals surface area contributed by atoms with E-state index in [4.69, 9.17) is 5.14 Å². The lowest BCUT2D eigenvalue weighted by atomic mass is 10.0. The second-order valence-corrected chi connectivity index (χ2v) is 9.70. The average Bonchev–Trinajstić information content (AvgIpc) is 3.09. The first-order chi connectivity index (χ1) is 16.5. The Bertz CT molecular complexity index is 1500. The maximum Gasteiger partial charge on any atom is 0.335 e. The zero-order valence-corrected chi connectivity index (χ0v) is 20.2. The number of carbonyl (C=O) groups excluding carboxylic acids is 3. The van der Waals surface area contributed by atoms with Crippen LogP contribution in [0, 0.1) is 13.8 Å². The maximum atomic E-state index is 13.3. The summed E-state index contributed by atoms with van der Waals surface area (Å²) in [5.41, 5.74) is 3.87. The lowest BCUT2D eigenvalue weighted by Crippen LogP contribution is -2.54. The molecular weight excluding hydrogens is 468 g/mol. The van der Waals surface area contributed by atoms with Gasteiger partial charge in [-0.2, -0.15) is 0 Å². The zero-order chi connectivity index (χ0) is 25.5. The van der Waals surface area contributed by atoms with Crippen LogP contribution in [0.15, 0.2) is 65.1 Å². The first-order valence-electron chi connectivity index (χ1n) is 10.8. The molecule has 0 bridgehead atoms. The Morgan fingerprint density at radius 2 is 1.66 bits per heavy atom. The normalized spacial score (nSPS) is 15.6. The van der Waals surface area contributed by atoms with Crippen LogP contribution in [0.2, 0.25) is 0 Å². The predicted octanol–water partition coefficient (Wildman–Crippen LogP) is 2.97. The van der Waals surface area contributed by atoms with Crippen molar-refractivity contribution in [2.45, 2.75) is 32.1 Å². The van der Waals surface area contributed by atoms with Crippen LogP contribution in [0.3, 0.4) is 0 Å². The van der Waals surface area contributed by atoms with Gasteiger partial charge >= 0.3 is 6.03 Å². The fourth-order valence-electron chi connectivity index (χ4n) is 4.18. The van der Waals surface area contributed by atoms with E-state index < -0.39 is 27.9 Å². The summed E-state index contributed by atoms with van der Waals surface area (Å²) in [5.74, 6) is -1.48. The van der Waals surface area contributed by atoms with E-state index in [0.717, 1.165) is 21.9 Å². The van der Waals surface area contributed by atoms with Gasteiger partial charge in [0.1, 0.15) is 5.57 Å². The number of hydrogen-bond donors (Lipinski definition) is 2. The van der Waals surface area contributed by atoms with Crippen molar-refractivity contribution in [3.8, 4) is 5.69 Å². The van der Waals surface area contributed by atoms with Crippen LogP contribution in [-0.2, 0) is 26.0 Å². The van der Waals surface area contributed by atoms with Crippen LogP contribution < -0.4 is 15.4 Å². The van der Waals surface area contributed by atoms with Crippen LogP contribution in [0.5, 0.6) is 0 Å². The van der Waals surface area contributed by atoms with Gasteiger partial charge in [0.05, 0.1) is 10.6 Å². The Morgan fingerprint density at radius 1 is 1.00 bits per heavy atom. The number of hydrogen-bond acceptors (Lipinski definition) is 5. The minimum absolute atomic E-state index is 0.00681. The van der Waals surface area contributed by atoms with Gasteiger partial charge < -0.3 is 4.57 Å². The Labute approximate surface area is 202 Å². The lowest BCUT2D eigenvalue weighted by molar-refractivity contribution is -0.122. The molecule has 4 amide bonds. The fraction of sp³-hybridized carbons (Fsp3) is 0.160. The molecule has 180 valence electrons. The molecular formula is C25H24N4O5S. The molecule has 1 aromatic heterocycles. The Hall–Kier alpha value is -4.02. The second kappa shape index (κ2) is 8.97. The number of anilines is 1. The molecule has 0 aliphatic carbocycles. The molecule has 2 aromatic carbocycles. The van der Waals surface area contributed by atoms with Crippen LogP contribution >= 0.6 is 0 Å². The SMILES string of the molecule is CCc1ccccc1N1C(=O)NC(=O)/C(=C\c2cc(C)n(-c3ccc(S(N)(=O)=O)cc3)c2C)C1=O. The minimum atomic E-state index is -3.82. The number of amides is 4. The van der Waals surface area contributed by atoms with E-state index >= 15 is 0 Å². The molecule has 1 aliphatic heterocycles. The van der Waals surface area contributed by atoms with E-state index in [2.05, 4.69) is 5.32 Å². The maximum absolute atomic E-state index is 13.3. The van der Waals surface area contributed by atoms with Gasteiger partial charge in [0.15, 0.2) is 0 Å². The van der Waals surface area contributed by atoms with Crippen molar-refractivity contribution in [2.75, 3.05) is 4.90 Å². The van der Waals surface area contributed by atoms with Crippen LogP contribution in [0.4, 0.5) is 10.5 Å². The molecule has 1 fully saturated rings. The average molecular weight is 493 g/mol. The van der Waals surface area contributed by atoms with Crippen molar-refractivity contribution < 1.29 is 22.8 Å². The summed E-state index contributed by atoms with van der Waals surface area (Å²) in [5, 5.41) is 7.44. The van der Waals surface area contributed by atoms with Crippen LogP contribution in [0.25, 0.3) is 11.8 Å². The van der Waals surface area contributed by atoms with Gasteiger partial charge in [-0.05, 0) is 73.9 Å². The highest BCUT2D eigenvalue weighted by Gasteiger charge is 2.37. The number of urea groups is 1. The number of sulfonamides is 1. The van der Waals surface area contributed by atoms with Gasteiger partial charge in [-0.1, -0.05) is 25.1 Å². The number of para-hydroxylation sites is 1. The molecule has 10 heteroatoms. The molecule has 35 heavy (non-hydrogen) atoms. The van der Waals surface area contributed by atoms with Gasteiger partial charge in [0.25, 0.3) is 11.8 Å². The number of nitrogens with zero attached hydrogens (tertiary/aromatic N) is 2. The zero-order valence-electron chi connectivity index (χ0n) is 19.4. The molecule has 3 N–H and O–H groups in total. The number of benzene rings is 2. The number of aryl methyl sites for hydroxylation is 2. The number of imide groups is 2. The van der Waals surface area contributed by atoms with E-state index in [1.165, 1.54) is 18.2 Å². The molecule has 1 aliphatic rings. The van der Waals surface area contributed by atoms with E-state index in [9.17, 15) is 22.8 Å². The molecule has 0 radical (unpaired) electrons. The minimum Gasteiger partial charge on any atom is -0.318 e. The Balaban J connectivity index is 1.76. The van der Waals surface area contributed by atoms with Crippen molar-refractivity contribution >= 4 is 39.6 Å². The number of aromatic nitrogens is 1. The first-order valence-corrected chi connectivity index (χ1v) is 12.4. The quantitative estimate of drug-likeness (QED) is 0.418. The smallest absolute Gasteiger partial charge is 0.318 e. The first kappa shape index (κ1) is 24.1. The number of barbiturate groups is 1. The summed E-state index contributed by atoms with van der Waals surface area (Å²) in [6.07, 6.45) is 2.06. The molecule has 1 saturated heterocycles. The highest BCUT2D eigenvalue weighted by atomic mass is 32.2. The van der Waals surface area contributed by atoms with Crippen molar-refractivity contribution in [1.82, 2.24) is 9.88 Å². The Morgan fingerprint density at radius 3 is 2.29 bits per heavy atom. The van der Waals surface area contributed by atoms with Crippen molar-refractivity contribution in [2.24, 2.45) is 5.14 Å². The fourth-order valence-corrected chi connectivity index (χ4v) is 4.69.